The van der Waals surface area contributed by atoms with Crippen molar-refractivity contribution >= 4 is 0 Å². The van der Waals surface area contributed by atoms with Crippen molar-refractivity contribution in [1.82, 2.24) is 14.7 Å². The Labute approximate surface area is 104 Å². The Morgan fingerprint density at radius 3 is 2.76 bits per heavy atom. The summed E-state index contributed by atoms with van der Waals surface area (Å²) in [4.78, 5) is 2.21. The van der Waals surface area contributed by atoms with E-state index in [-0.39, 0.29) is 12.6 Å². The van der Waals surface area contributed by atoms with Crippen molar-refractivity contribution in [3.05, 3.63) is 18.0 Å². The molecule has 17 heavy (non-hydrogen) atoms. The molecule has 1 unspecified atom stereocenters. The minimum absolute atomic E-state index is 0.239. The summed E-state index contributed by atoms with van der Waals surface area (Å²) in [6.45, 7) is 6.41. The fourth-order valence-electron chi connectivity index (χ4n) is 1.76. The van der Waals surface area contributed by atoms with Crippen LogP contribution >= 0.6 is 0 Å². The van der Waals surface area contributed by atoms with Crippen molar-refractivity contribution in [3.8, 4) is 0 Å². The van der Waals surface area contributed by atoms with E-state index in [4.69, 9.17) is 5.11 Å². The van der Waals surface area contributed by atoms with Crippen LogP contribution in [0.3, 0.4) is 0 Å². The van der Waals surface area contributed by atoms with Crippen LogP contribution in [0.1, 0.15) is 31.7 Å². The SMILES string of the molecule is Cc1cnn(CCCCCN(C)C(C)CO)c1. The number of rotatable bonds is 8. The van der Waals surface area contributed by atoms with Gasteiger partial charge in [-0.2, -0.15) is 5.10 Å². The lowest BCUT2D eigenvalue weighted by molar-refractivity contribution is 0.157. The van der Waals surface area contributed by atoms with E-state index in [2.05, 4.69) is 30.2 Å². The Balaban J connectivity index is 2.05. The topological polar surface area (TPSA) is 41.3 Å². The van der Waals surface area contributed by atoms with Gasteiger partial charge in [-0.15, -0.1) is 0 Å². The molecule has 0 aromatic carbocycles. The molecule has 1 rings (SSSR count). The molecule has 98 valence electrons. The smallest absolute Gasteiger partial charge is 0.0584 e. The number of likely N-dealkylation sites (N-methyl/N-ethyl adjacent to an activating group) is 1. The molecule has 0 amide bonds. The van der Waals surface area contributed by atoms with Gasteiger partial charge in [-0.1, -0.05) is 6.42 Å². The lowest BCUT2D eigenvalue weighted by Crippen LogP contribution is -2.32. The molecule has 1 heterocycles. The fourth-order valence-corrected chi connectivity index (χ4v) is 1.76. The summed E-state index contributed by atoms with van der Waals surface area (Å²) >= 11 is 0. The zero-order chi connectivity index (χ0) is 12.7. The van der Waals surface area contributed by atoms with Crippen molar-refractivity contribution in [3.63, 3.8) is 0 Å². The van der Waals surface area contributed by atoms with E-state index in [0.29, 0.717) is 0 Å². The molecule has 4 nitrogen and oxygen atoms in total. The Morgan fingerprint density at radius 2 is 2.18 bits per heavy atom. The highest BCUT2D eigenvalue weighted by atomic mass is 16.3. The molecule has 1 atom stereocenters. The van der Waals surface area contributed by atoms with Gasteiger partial charge in [0.25, 0.3) is 0 Å². The molecular weight excluding hydrogens is 214 g/mol. The maximum absolute atomic E-state index is 9.01. The molecular formula is C13H25N3O. The van der Waals surface area contributed by atoms with Crippen LogP contribution in [0.2, 0.25) is 0 Å². The van der Waals surface area contributed by atoms with E-state index >= 15 is 0 Å². The summed E-state index contributed by atoms with van der Waals surface area (Å²) in [5.41, 5.74) is 1.22. The summed E-state index contributed by atoms with van der Waals surface area (Å²) in [6, 6.07) is 0.267. The molecule has 0 bridgehead atoms. The normalized spacial score (nSPS) is 13.2. The van der Waals surface area contributed by atoms with Gasteiger partial charge in [-0.05, 0) is 45.8 Å². The van der Waals surface area contributed by atoms with Crippen molar-refractivity contribution in [2.24, 2.45) is 0 Å². The molecule has 0 aliphatic rings. The minimum atomic E-state index is 0.239. The maximum atomic E-state index is 9.01. The number of aliphatic hydroxyl groups is 1. The standard InChI is InChI=1S/C13H25N3O/c1-12-9-14-16(10-12)8-6-4-5-7-15(3)13(2)11-17/h9-10,13,17H,4-8,11H2,1-3H3. The van der Waals surface area contributed by atoms with E-state index in [9.17, 15) is 0 Å². The molecule has 4 heteroatoms. The number of aliphatic hydroxyl groups excluding tert-OH is 1. The highest BCUT2D eigenvalue weighted by Gasteiger charge is 2.06. The Morgan fingerprint density at radius 1 is 1.41 bits per heavy atom. The van der Waals surface area contributed by atoms with Crippen molar-refractivity contribution in [1.29, 1.82) is 0 Å². The van der Waals surface area contributed by atoms with Gasteiger partial charge in [-0.3, -0.25) is 4.68 Å². The summed E-state index contributed by atoms with van der Waals surface area (Å²) in [7, 11) is 2.07. The second-order valence-electron chi connectivity index (χ2n) is 4.85. The minimum Gasteiger partial charge on any atom is -0.395 e. The first kappa shape index (κ1) is 14.2. The molecule has 1 aromatic heterocycles. The lowest BCUT2D eigenvalue weighted by Gasteiger charge is -2.22. The lowest BCUT2D eigenvalue weighted by atomic mass is 10.2. The van der Waals surface area contributed by atoms with Crippen LogP contribution in [0.15, 0.2) is 12.4 Å². The van der Waals surface area contributed by atoms with Gasteiger partial charge >= 0.3 is 0 Å². The summed E-state index contributed by atoms with van der Waals surface area (Å²) in [5, 5.41) is 13.3. The summed E-state index contributed by atoms with van der Waals surface area (Å²) in [6.07, 6.45) is 7.54. The Kier molecular flexibility index (Phi) is 6.22. The Bertz CT molecular complexity index is 311. The molecule has 1 N–H and O–H groups in total. The molecule has 0 spiro atoms. The quantitative estimate of drug-likeness (QED) is 0.702. The third kappa shape index (κ3) is 5.33. The highest BCUT2D eigenvalue weighted by Crippen LogP contribution is 2.03. The first-order valence-electron chi connectivity index (χ1n) is 6.43. The van der Waals surface area contributed by atoms with E-state index in [1.165, 1.54) is 24.8 Å². The number of nitrogens with zero attached hydrogens (tertiary/aromatic N) is 3. The first-order chi connectivity index (χ1) is 8.13. The van der Waals surface area contributed by atoms with Gasteiger partial charge in [-0.25, -0.2) is 0 Å². The van der Waals surface area contributed by atoms with Crippen LogP contribution in [0.25, 0.3) is 0 Å². The predicted octanol–water partition coefficient (Wildman–Crippen LogP) is 1.67. The maximum Gasteiger partial charge on any atom is 0.0584 e. The molecule has 0 radical (unpaired) electrons. The van der Waals surface area contributed by atoms with Crippen molar-refractivity contribution < 1.29 is 5.11 Å². The second kappa shape index (κ2) is 7.45. The van der Waals surface area contributed by atoms with E-state index in [1.807, 2.05) is 17.8 Å². The molecule has 0 aliphatic heterocycles. The van der Waals surface area contributed by atoms with Gasteiger partial charge in [0, 0.05) is 18.8 Å². The molecule has 0 saturated carbocycles. The van der Waals surface area contributed by atoms with Gasteiger partial charge in [0.1, 0.15) is 0 Å². The highest BCUT2D eigenvalue weighted by molar-refractivity contribution is 4.99. The van der Waals surface area contributed by atoms with E-state index in [1.54, 1.807) is 0 Å². The number of hydrogen-bond acceptors (Lipinski definition) is 3. The average Bonchev–Trinajstić information content (AvgIpc) is 2.73. The molecule has 0 saturated heterocycles. The van der Waals surface area contributed by atoms with Gasteiger partial charge in [0.2, 0.25) is 0 Å². The summed E-state index contributed by atoms with van der Waals surface area (Å²) in [5.74, 6) is 0. The Hall–Kier alpha value is -0.870. The predicted molar refractivity (Wildman–Crippen MR) is 70.0 cm³/mol. The van der Waals surface area contributed by atoms with Crippen LogP contribution in [0.4, 0.5) is 0 Å². The van der Waals surface area contributed by atoms with Crippen LogP contribution in [-0.4, -0.2) is 46.0 Å². The number of aryl methyl sites for hydroxylation is 2. The van der Waals surface area contributed by atoms with E-state index < -0.39 is 0 Å². The molecule has 0 aliphatic carbocycles. The van der Waals surface area contributed by atoms with Crippen LogP contribution in [0, 0.1) is 6.92 Å². The third-order valence-corrected chi connectivity index (χ3v) is 3.18. The number of hydrogen-bond donors (Lipinski definition) is 1. The summed E-state index contributed by atoms with van der Waals surface area (Å²) < 4.78 is 2.01. The van der Waals surface area contributed by atoms with Gasteiger partial charge in [0.05, 0.1) is 12.8 Å². The molecule has 0 fully saturated rings. The van der Waals surface area contributed by atoms with Crippen molar-refractivity contribution in [2.45, 2.75) is 45.7 Å². The number of unbranched alkanes of at least 4 members (excludes halogenated alkanes) is 2. The van der Waals surface area contributed by atoms with Crippen LogP contribution in [-0.2, 0) is 6.54 Å². The zero-order valence-corrected chi connectivity index (χ0v) is 11.3. The second-order valence-corrected chi connectivity index (χ2v) is 4.85. The van der Waals surface area contributed by atoms with E-state index in [0.717, 1.165) is 13.1 Å². The number of aromatic nitrogens is 2. The fraction of sp³-hybridized carbons (Fsp3) is 0.769. The third-order valence-electron chi connectivity index (χ3n) is 3.18. The monoisotopic (exact) mass is 239 g/mol. The van der Waals surface area contributed by atoms with Gasteiger partial charge in [0.15, 0.2) is 0 Å². The molecule has 1 aromatic rings. The zero-order valence-electron chi connectivity index (χ0n) is 11.3. The van der Waals surface area contributed by atoms with Crippen molar-refractivity contribution in [2.75, 3.05) is 20.2 Å². The first-order valence-corrected chi connectivity index (χ1v) is 6.43. The van der Waals surface area contributed by atoms with Crippen LogP contribution in [0.5, 0.6) is 0 Å². The van der Waals surface area contributed by atoms with Gasteiger partial charge < -0.3 is 10.0 Å². The van der Waals surface area contributed by atoms with Crippen LogP contribution < -0.4 is 0 Å². The average molecular weight is 239 g/mol. The largest absolute Gasteiger partial charge is 0.395 e.